The summed E-state index contributed by atoms with van der Waals surface area (Å²) in [6.45, 7) is 0.0317. The summed E-state index contributed by atoms with van der Waals surface area (Å²) in [4.78, 5) is 42.8. The summed E-state index contributed by atoms with van der Waals surface area (Å²) in [5.74, 6) is 0.0634. The van der Waals surface area contributed by atoms with E-state index >= 15 is 0 Å². The predicted molar refractivity (Wildman–Crippen MR) is 146 cm³/mol. The number of hydrogen-bond donors (Lipinski definition) is 2. The Morgan fingerprint density at radius 1 is 0.897 bits per heavy atom. The number of ether oxygens (including phenoxy) is 2. The average molecular weight is 523 g/mol. The number of carbonyl (C=O) groups excluding carboxylic acids is 3. The van der Waals surface area contributed by atoms with Crippen molar-refractivity contribution in [1.29, 1.82) is 5.41 Å². The zero-order valence-corrected chi connectivity index (χ0v) is 21.5. The van der Waals surface area contributed by atoms with Crippen molar-refractivity contribution in [1.82, 2.24) is 4.90 Å². The Morgan fingerprint density at radius 3 is 2.13 bits per heavy atom. The van der Waals surface area contributed by atoms with Gasteiger partial charge in [-0.05, 0) is 30.2 Å². The quantitative estimate of drug-likeness (QED) is 0.371. The zero-order valence-electron chi connectivity index (χ0n) is 21.5. The molecule has 3 aromatic carbocycles. The van der Waals surface area contributed by atoms with Crippen LogP contribution in [0.5, 0.6) is 11.5 Å². The van der Waals surface area contributed by atoms with Crippen LogP contribution in [0.1, 0.15) is 32.7 Å². The number of hydrogen-bond acceptors (Lipinski definition) is 7. The first-order valence-electron chi connectivity index (χ1n) is 12.6. The lowest BCUT2D eigenvalue weighted by molar-refractivity contribution is -0.115. The average Bonchev–Trinajstić information content (AvgIpc) is 3.57. The Balaban J connectivity index is 1.37. The van der Waals surface area contributed by atoms with Crippen LogP contribution in [0, 0.1) is 5.41 Å². The molecule has 0 spiro atoms. The highest BCUT2D eigenvalue weighted by Crippen LogP contribution is 2.39. The van der Waals surface area contributed by atoms with Crippen LogP contribution in [0.3, 0.4) is 0 Å². The van der Waals surface area contributed by atoms with E-state index in [0.29, 0.717) is 46.0 Å². The molecule has 0 aromatic heterocycles. The van der Waals surface area contributed by atoms with Gasteiger partial charge in [-0.1, -0.05) is 30.3 Å². The molecule has 1 saturated heterocycles. The number of carbonyl (C=O) groups is 3. The minimum Gasteiger partial charge on any atom is -0.497 e. The molecule has 39 heavy (non-hydrogen) atoms. The number of methoxy groups -OCH3 is 2. The molecule has 1 fully saturated rings. The largest absolute Gasteiger partial charge is 0.497 e. The van der Waals surface area contributed by atoms with Crippen molar-refractivity contribution in [3.05, 3.63) is 94.7 Å². The van der Waals surface area contributed by atoms with Crippen LogP contribution < -0.4 is 19.7 Å². The summed E-state index contributed by atoms with van der Waals surface area (Å²) in [6, 6.07) is 18.9. The molecule has 3 aliphatic rings. The summed E-state index contributed by atoms with van der Waals surface area (Å²) < 4.78 is 10.9. The molecule has 3 heterocycles. The fourth-order valence-corrected chi connectivity index (χ4v) is 5.51. The highest BCUT2D eigenvalue weighted by molar-refractivity contribution is 6.35. The molecule has 0 radical (unpaired) electrons. The van der Waals surface area contributed by atoms with E-state index in [-0.39, 0.29) is 36.4 Å². The summed E-state index contributed by atoms with van der Waals surface area (Å²) in [7, 11) is 3.07. The maximum absolute atomic E-state index is 14.0. The summed E-state index contributed by atoms with van der Waals surface area (Å²) in [6.07, 6.45) is 0.649. The van der Waals surface area contributed by atoms with Gasteiger partial charge in [0.2, 0.25) is 0 Å². The Morgan fingerprint density at radius 2 is 1.51 bits per heavy atom. The van der Waals surface area contributed by atoms with E-state index in [1.165, 1.54) is 19.1 Å². The molecule has 0 saturated carbocycles. The van der Waals surface area contributed by atoms with E-state index in [2.05, 4.69) is 5.32 Å². The Labute approximate surface area is 225 Å². The van der Waals surface area contributed by atoms with Gasteiger partial charge in [0.15, 0.2) is 5.78 Å². The Bertz CT molecular complexity index is 1510. The van der Waals surface area contributed by atoms with Gasteiger partial charge in [-0.2, -0.15) is 0 Å². The maximum atomic E-state index is 14.0. The van der Waals surface area contributed by atoms with Crippen LogP contribution in [0.2, 0.25) is 0 Å². The normalized spacial score (nSPS) is 19.9. The number of Topliss-reactive ketones (excluding diaryl/α,β-unsaturated/α-hetero) is 1. The van der Waals surface area contributed by atoms with Crippen molar-refractivity contribution < 1.29 is 23.9 Å². The lowest BCUT2D eigenvalue weighted by atomic mass is 10.0. The topological polar surface area (TPSA) is 112 Å². The van der Waals surface area contributed by atoms with Crippen molar-refractivity contribution in [2.75, 3.05) is 31.0 Å². The minimum atomic E-state index is -0.813. The number of allylic oxidation sites excluding steroid dienone is 1. The number of rotatable bonds is 6. The second kappa shape index (κ2) is 9.43. The van der Waals surface area contributed by atoms with E-state index < -0.39 is 6.04 Å². The van der Waals surface area contributed by atoms with Gasteiger partial charge < -0.3 is 19.7 Å². The van der Waals surface area contributed by atoms with E-state index in [1.54, 1.807) is 47.4 Å². The standard InChI is InChI=1S/C30H26N4O5/c1-38-19-14-18(15-20(16-19)39-2)34-25(11-12-33-29(36)21-8-4-5-9-22(21)30(33)37)27(35)26(28(34)31)24-13-17-7-3-6-10-23(17)32-24/h3-10,14-16,25,31-32H,11-13H2,1-2H3. The molecule has 3 aromatic rings. The van der Waals surface area contributed by atoms with Crippen molar-refractivity contribution in [2.24, 2.45) is 0 Å². The molecule has 9 heteroatoms. The first kappa shape index (κ1) is 24.4. The highest BCUT2D eigenvalue weighted by atomic mass is 16.5. The fourth-order valence-electron chi connectivity index (χ4n) is 5.51. The Hall–Kier alpha value is -4.92. The van der Waals surface area contributed by atoms with Crippen LogP contribution in [-0.2, 0) is 11.2 Å². The minimum absolute atomic E-state index is 0.0317. The molecule has 0 aliphatic carbocycles. The number of ketones is 1. The van der Waals surface area contributed by atoms with Crippen molar-refractivity contribution >= 4 is 34.8 Å². The van der Waals surface area contributed by atoms with Gasteiger partial charge in [-0.25, -0.2) is 0 Å². The van der Waals surface area contributed by atoms with Crippen molar-refractivity contribution in [3.63, 3.8) is 0 Å². The number of nitrogens with zero attached hydrogens (tertiary/aromatic N) is 2. The smallest absolute Gasteiger partial charge is 0.261 e. The van der Waals surface area contributed by atoms with Gasteiger partial charge in [0.1, 0.15) is 23.4 Å². The summed E-state index contributed by atoms with van der Waals surface area (Å²) >= 11 is 0. The van der Waals surface area contributed by atoms with Crippen molar-refractivity contribution in [3.8, 4) is 11.5 Å². The third kappa shape index (κ3) is 3.94. The van der Waals surface area contributed by atoms with Gasteiger partial charge in [0.05, 0.1) is 36.6 Å². The van der Waals surface area contributed by atoms with Crippen LogP contribution in [-0.4, -0.2) is 55.1 Å². The summed E-state index contributed by atoms with van der Waals surface area (Å²) in [5.41, 5.74) is 4.17. The molecular formula is C30H26N4O5. The zero-order chi connectivity index (χ0) is 27.3. The van der Waals surface area contributed by atoms with Gasteiger partial charge >= 0.3 is 0 Å². The Kier molecular flexibility index (Phi) is 5.91. The molecule has 2 amide bonds. The number of amidine groups is 1. The van der Waals surface area contributed by atoms with Crippen LogP contribution in [0.4, 0.5) is 11.4 Å². The second-order valence-corrected chi connectivity index (χ2v) is 9.58. The fraction of sp³-hybridized carbons (Fsp3) is 0.200. The van der Waals surface area contributed by atoms with E-state index in [0.717, 1.165) is 11.3 Å². The van der Waals surface area contributed by atoms with Crippen molar-refractivity contribution in [2.45, 2.75) is 18.9 Å². The van der Waals surface area contributed by atoms with Gasteiger partial charge in [0, 0.05) is 42.5 Å². The number of fused-ring (bicyclic) bond motifs is 2. The van der Waals surface area contributed by atoms with E-state index in [1.807, 2.05) is 24.3 Å². The van der Waals surface area contributed by atoms with Crippen LogP contribution in [0.15, 0.2) is 78.0 Å². The molecule has 9 nitrogen and oxygen atoms in total. The van der Waals surface area contributed by atoms with Crippen LogP contribution in [0.25, 0.3) is 0 Å². The molecule has 6 rings (SSSR count). The molecule has 3 aliphatic heterocycles. The number of anilines is 2. The first-order valence-corrected chi connectivity index (χ1v) is 12.6. The lowest BCUT2D eigenvalue weighted by Crippen LogP contribution is -2.40. The second-order valence-electron chi connectivity index (χ2n) is 9.58. The number of benzene rings is 3. The molecule has 1 unspecified atom stereocenters. The molecule has 2 N–H and O–H groups in total. The lowest BCUT2D eigenvalue weighted by Gasteiger charge is -2.27. The third-order valence-corrected chi connectivity index (χ3v) is 7.43. The molecular weight excluding hydrogens is 496 g/mol. The van der Waals surface area contributed by atoms with E-state index in [9.17, 15) is 14.4 Å². The highest BCUT2D eigenvalue weighted by Gasteiger charge is 2.45. The molecule has 0 bridgehead atoms. The molecule has 1 atom stereocenters. The van der Waals surface area contributed by atoms with Gasteiger partial charge in [0.25, 0.3) is 11.8 Å². The maximum Gasteiger partial charge on any atom is 0.261 e. The van der Waals surface area contributed by atoms with E-state index in [4.69, 9.17) is 14.9 Å². The van der Waals surface area contributed by atoms with Gasteiger partial charge in [-0.3, -0.25) is 24.7 Å². The number of imide groups is 1. The van der Waals surface area contributed by atoms with Gasteiger partial charge in [-0.15, -0.1) is 0 Å². The van der Waals surface area contributed by atoms with Crippen LogP contribution >= 0.6 is 0 Å². The molecule has 196 valence electrons. The SMILES string of the molecule is COc1cc(OC)cc(N2C(=N)C(=C3Cc4ccccc4N3)C(=O)C2CCN2C(=O)c3ccccc3C2=O)c1. The number of para-hydroxylation sites is 1. The first-order chi connectivity index (χ1) is 18.9. The monoisotopic (exact) mass is 522 g/mol. The number of nitrogens with one attached hydrogen (secondary N) is 2. The number of amides is 2. The summed E-state index contributed by atoms with van der Waals surface area (Å²) in [5, 5.41) is 12.5. The predicted octanol–water partition coefficient (Wildman–Crippen LogP) is 4.05. The third-order valence-electron chi connectivity index (χ3n) is 7.43.